The molecule has 4 heteroatoms. The van der Waals surface area contributed by atoms with Crippen molar-refractivity contribution in [2.24, 2.45) is 0 Å². The minimum Gasteiger partial charge on any atom is -0.436 e. The molecule has 94 valence electrons. The maximum Gasteiger partial charge on any atom is 0.255 e. The Morgan fingerprint density at radius 1 is 1.00 bits per heavy atom. The number of fused-ring (bicyclic) bond motifs is 1. The average molecular weight is 318 g/mol. The van der Waals surface area contributed by atoms with Crippen LogP contribution in [0.15, 0.2) is 59.2 Å². The molecule has 0 aliphatic rings. The summed E-state index contributed by atoms with van der Waals surface area (Å²) in [6.07, 6.45) is 1.50. The highest BCUT2D eigenvalue weighted by Crippen LogP contribution is 2.27. The zero-order valence-corrected chi connectivity index (χ0v) is 11.4. The Balaban J connectivity index is 1.96. The summed E-state index contributed by atoms with van der Waals surface area (Å²) in [6.45, 7) is 0. The minimum atomic E-state index is -0.498. The Labute approximate surface area is 118 Å². The van der Waals surface area contributed by atoms with Gasteiger partial charge in [-0.1, -0.05) is 30.3 Å². The Hall–Kier alpha value is -1.94. The van der Waals surface area contributed by atoms with Crippen LogP contribution in [0.1, 0.15) is 0 Å². The number of pyridine rings is 1. The topological polar surface area (TPSA) is 22.1 Å². The van der Waals surface area contributed by atoms with Crippen LogP contribution < -0.4 is 4.74 Å². The molecule has 0 aliphatic carbocycles. The van der Waals surface area contributed by atoms with Crippen LogP contribution in [0.25, 0.3) is 10.8 Å². The molecule has 0 aliphatic heterocycles. The van der Waals surface area contributed by atoms with Crippen molar-refractivity contribution in [1.29, 1.82) is 0 Å². The van der Waals surface area contributed by atoms with E-state index in [1.54, 1.807) is 6.07 Å². The van der Waals surface area contributed by atoms with Crippen molar-refractivity contribution >= 4 is 26.7 Å². The molecule has 19 heavy (non-hydrogen) atoms. The van der Waals surface area contributed by atoms with Gasteiger partial charge in [0.05, 0.1) is 0 Å². The molecule has 0 unspecified atom stereocenters. The molecule has 0 saturated carbocycles. The van der Waals surface area contributed by atoms with E-state index in [2.05, 4.69) is 20.9 Å². The Morgan fingerprint density at radius 3 is 2.58 bits per heavy atom. The Bertz CT molecular complexity index is 745. The van der Waals surface area contributed by atoms with Crippen LogP contribution in [0.2, 0.25) is 0 Å². The van der Waals surface area contributed by atoms with Gasteiger partial charge in [-0.05, 0) is 44.9 Å². The quantitative estimate of drug-likeness (QED) is 0.668. The number of aromatic nitrogens is 1. The highest BCUT2D eigenvalue weighted by Gasteiger charge is 2.07. The van der Waals surface area contributed by atoms with Gasteiger partial charge in [-0.25, -0.2) is 9.37 Å². The standard InChI is InChI=1S/C15H9BrFNO/c16-12-8-14(17)15(18-9-12)19-13-6-5-10-3-1-2-4-11(10)7-13/h1-9H. The normalized spacial score (nSPS) is 10.6. The number of rotatable bonds is 2. The molecule has 2 nitrogen and oxygen atoms in total. The third kappa shape index (κ3) is 2.58. The van der Waals surface area contributed by atoms with E-state index < -0.39 is 5.82 Å². The Kier molecular flexibility index (Phi) is 3.17. The molecule has 0 bridgehead atoms. The molecular formula is C15H9BrFNO. The van der Waals surface area contributed by atoms with Gasteiger partial charge in [0.2, 0.25) is 0 Å². The SMILES string of the molecule is Fc1cc(Br)cnc1Oc1ccc2ccccc2c1. The second-order valence-electron chi connectivity index (χ2n) is 4.05. The average Bonchev–Trinajstić information content (AvgIpc) is 2.42. The first-order valence-corrected chi connectivity index (χ1v) is 6.49. The van der Waals surface area contributed by atoms with E-state index in [1.807, 2.05) is 36.4 Å². The van der Waals surface area contributed by atoms with Crippen molar-refractivity contribution in [2.45, 2.75) is 0 Å². The third-order valence-electron chi connectivity index (χ3n) is 2.71. The first-order valence-electron chi connectivity index (χ1n) is 5.70. The van der Waals surface area contributed by atoms with Crippen LogP contribution in [-0.2, 0) is 0 Å². The summed E-state index contributed by atoms with van der Waals surface area (Å²) in [5.74, 6) is 0.0356. The molecule has 2 aromatic carbocycles. The van der Waals surface area contributed by atoms with Gasteiger partial charge in [0.25, 0.3) is 5.88 Å². The fourth-order valence-electron chi connectivity index (χ4n) is 1.82. The van der Waals surface area contributed by atoms with Crippen molar-refractivity contribution in [2.75, 3.05) is 0 Å². The van der Waals surface area contributed by atoms with Gasteiger partial charge in [0.15, 0.2) is 5.82 Å². The summed E-state index contributed by atoms with van der Waals surface area (Å²) in [5, 5.41) is 2.15. The number of ether oxygens (including phenoxy) is 1. The summed E-state index contributed by atoms with van der Waals surface area (Å²) in [6, 6.07) is 14.8. The van der Waals surface area contributed by atoms with Gasteiger partial charge in [0, 0.05) is 10.7 Å². The maximum absolute atomic E-state index is 13.6. The highest BCUT2D eigenvalue weighted by atomic mass is 79.9. The molecule has 0 spiro atoms. The third-order valence-corrected chi connectivity index (χ3v) is 3.14. The number of halogens is 2. The molecule has 1 heterocycles. The molecule has 3 rings (SSSR count). The van der Waals surface area contributed by atoms with Crippen molar-refractivity contribution in [3.05, 3.63) is 65.0 Å². The summed E-state index contributed by atoms with van der Waals surface area (Å²) < 4.78 is 19.7. The molecule has 0 atom stereocenters. The molecule has 0 amide bonds. The van der Waals surface area contributed by atoms with Crippen molar-refractivity contribution in [3.63, 3.8) is 0 Å². The van der Waals surface area contributed by atoms with Gasteiger partial charge in [-0.15, -0.1) is 0 Å². The van der Waals surface area contributed by atoms with E-state index >= 15 is 0 Å². The predicted molar refractivity (Wildman–Crippen MR) is 75.9 cm³/mol. The van der Waals surface area contributed by atoms with Gasteiger partial charge in [-0.3, -0.25) is 0 Å². The Morgan fingerprint density at radius 2 is 1.79 bits per heavy atom. The van der Waals surface area contributed by atoms with E-state index in [1.165, 1.54) is 12.3 Å². The van der Waals surface area contributed by atoms with Gasteiger partial charge in [0.1, 0.15) is 5.75 Å². The smallest absolute Gasteiger partial charge is 0.255 e. The largest absolute Gasteiger partial charge is 0.436 e. The minimum absolute atomic E-state index is 0.0292. The molecular weight excluding hydrogens is 309 g/mol. The first-order chi connectivity index (χ1) is 9.22. The zero-order valence-electron chi connectivity index (χ0n) is 9.81. The van der Waals surface area contributed by atoms with Crippen LogP contribution in [0, 0.1) is 5.82 Å². The second kappa shape index (κ2) is 4.97. The lowest BCUT2D eigenvalue weighted by Crippen LogP contribution is -1.91. The van der Waals surface area contributed by atoms with Crippen LogP contribution in [0.5, 0.6) is 11.6 Å². The van der Waals surface area contributed by atoms with E-state index in [0.717, 1.165) is 10.8 Å². The number of nitrogens with zero attached hydrogens (tertiary/aromatic N) is 1. The van der Waals surface area contributed by atoms with Crippen LogP contribution >= 0.6 is 15.9 Å². The lowest BCUT2D eigenvalue weighted by atomic mass is 10.1. The van der Waals surface area contributed by atoms with E-state index in [9.17, 15) is 4.39 Å². The molecule has 0 radical (unpaired) electrons. The molecule has 1 aromatic heterocycles. The fraction of sp³-hybridized carbons (Fsp3) is 0. The van der Waals surface area contributed by atoms with Crippen molar-refractivity contribution in [1.82, 2.24) is 4.98 Å². The van der Waals surface area contributed by atoms with Gasteiger partial charge in [-0.2, -0.15) is 0 Å². The number of hydrogen-bond donors (Lipinski definition) is 0. The molecule has 3 aromatic rings. The first kappa shape index (κ1) is 12.1. The van der Waals surface area contributed by atoms with E-state index in [4.69, 9.17) is 4.74 Å². The molecule has 0 saturated heterocycles. The monoisotopic (exact) mass is 317 g/mol. The fourth-order valence-corrected chi connectivity index (χ4v) is 2.12. The summed E-state index contributed by atoms with van der Waals surface area (Å²) >= 11 is 3.16. The van der Waals surface area contributed by atoms with Crippen LogP contribution in [0.3, 0.4) is 0 Å². The van der Waals surface area contributed by atoms with Crippen molar-refractivity contribution < 1.29 is 9.13 Å². The lowest BCUT2D eigenvalue weighted by molar-refractivity contribution is 0.423. The molecule has 0 fully saturated rings. The summed E-state index contributed by atoms with van der Waals surface area (Å²) in [5.41, 5.74) is 0. The maximum atomic E-state index is 13.6. The lowest BCUT2D eigenvalue weighted by Gasteiger charge is -2.07. The van der Waals surface area contributed by atoms with Gasteiger partial charge >= 0.3 is 0 Å². The van der Waals surface area contributed by atoms with E-state index in [0.29, 0.717) is 10.2 Å². The summed E-state index contributed by atoms with van der Waals surface area (Å²) in [7, 11) is 0. The van der Waals surface area contributed by atoms with Gasteiger partial charge < -0.3 is 4.74 Å². The van der Waals surface area contributed by atoms with Crippen LogP contribution in [0.4, 0.5) is 4.39 Å². The molecule has 0 N–H and O–H groups in total. The number of benzene rings is 2. The second-order valence-corrected chi connectivity index (χ2v) is 4.97. The van der Waals surface area contributed by atoms with E-state index in [-0.39, 0.29) is 5.88 Å². The predicted octanol–water partition coefficient (Wildman–Crippen LogP) is 4.93. The zero-order chi connectivity index (χ0) is 13.2. The van der Waals surface area contributed by atoms with Crippen LogP contribution in [-0.4, -0.2) is 4.98 Å². The van der Waals surface area contributed by atoms with Crippen molar-refractivity contribution in [3.8, 4) is 11.6 Å². The summed E-state index contributed by atoms with van der Waals surface area (Å²) in [4.78, 5) is 3.91. The number of hydrogen-bond acceptors (Lipinski definition) is 2. The highest BCUT2D eigenvalue weighted by molar-refractivity contribution is 9.10.